The molecule has 2 heterocycles. The summed E-state index contributed by atoms with van der Waals surface area (Å²) >= 11 is 0. The van der Waals surface area contributed by atoms with Crippen molar-refractivity contribution in [1.29, 1.82) is 0 Å². The molecule has 0 radical (unpaired) electrons. The van der Waals surface area contributed by atoms with Gasteiger partial charge in [0.2, 0.25) is 0 Å². The van der Waals surface area contributed by atoms with Crippen LogP contribution >= 0.6 is 0 Å². The van der Waals surface area contributed by atoms with Crippen LogP contribution in [0.25, 0.3) is 121 Å². The summed E-state index contributed by atoms with van der Waals surface area (Å²) in [6.07, 6.45) is 3.54. The van der Waals surface area contributed by atoms with E-state index in [0.29, 0.717) is 17.5 Å². The van der Waals surface area contributed by atoms with E-state index in [2.05, 4.69) is 145 Å². The van der Waals surface area contributed by atoms with E-state index >= 15 is 0 Å². The van der Waals surface area contributed by atoms with E-state index in [1.54, 1.807) is 12.4 Å². The molecule has 12 aromatic rings. The van der Waals surface area contributed by atoms with Crippen molar-refractivity contribution < 1.29 is 0 Å². The maximum absolute atomic E-state index is 4.93. The fraction of sp³-hybridized carbons (Fsp3) is 0. The van der Waals surface area contributed by atoms with Gasteiger partial charge >= 0.3 is 0 Å². The van der Waals surface area contributed by atoms with E-state index in [-0.39, 0.29) is 0 Å². The third-order valence-electron chi connectivity index (χ3n) is 11.7. The molecule has 0 saturated carbocycles. The van der Waals surface area contributed by atoms with Crippen molar-refractivity contribution in [3.63, 3.8) is 0 Å². The summed E-state index contributed by atoms with van der Waals surface area (Å²) in [6.45, 7) is 0. The molecule has 0 aliphatic heterocycles. The molecule has 12 rings (SSSR count). The predicted octanol–water partition coefficient (Wildman–Crippen LogP) is 14.0. The van der Waals surface area contributed by atoms with E-state index in [1.807, 2.05) is 42.5 Å². The van der Waals surface area contributed by atoms with E-state index < -0.39 is 0 Å². The lowest BCUT2D eigenvalue weighted by atomic mass is 9.86. The third kappa shape index (κ3) is 5.16. The highest BCUT2D eigenvalue weighted by molar-refractivity contribution is 6.37. The summed E-state index contributed by atoms with van der Waals surface area (Å²) in [5.41, 5.74) is 7.33. The highest BCUT2D eigenvalue weighted by Gasteiger charge is 2.17. The number of hydrogen-bond acceptors (Lipinski definition) is 4. The van der Waals surface area contributed by atoms with E-state index in [1.165, 1.54) is 75.8 Å². The van der Waals surface area contributed by atoms with Crippen molar-refractivity contribution in [2.75, 3.05) is 0 Å². The zero-order chi connectivity index (χ0) is 38.2. The molecule has 0 saturated heterocycles. The van der Waals surface area contributed by atoms with Gasteiger partial charge in [0.1, 0.15) is 0 Å². The van der Waals surface area contributed by atoms with Crippen molar-refractivity contribution >= 4 is 64.6 Å². The molecule has 0 fully saturated rings. The Morgan fingerprint density at radius 2 is 0.724 bits per heavy atom. The van der Waals surface area contributed by atoms with Crippen LogP contribution in [0.5, 0.6) is 0 Å². The lowest BCUT2D eigenvalue weighted by Gasteiger charge is -2.17. The van der Waals surface area contributed by atoms with Crippen LogP contribution < -0.4 is 0 Å². The van der Waals surface area contributed by atoms with Gasteiger partial charge in [-0.25, -0.2) is 15.0 Å². The lowest BCUT2D eigenvalue weighted by Crippen LogP contribution is -2.00. The highest BCUT2D eigenvalue weighted by atomic mass is 15.0. The van der Waals surface area contributed by atoms with Gasteiger partial charge in [-0.05, 0) is 117 Å². The Kier molecular flexibility index (Phi) is 7.20. The summed E-state index contributed by atoms with van der Waals surface area (Å²) in [6, 6.07) is 65.6. The standard InChI is InChI=1S/C54H32N4/c1-2-9-37(10-3-1)52-56-53(58-54(57-52)42-16-8-28-55-32-42)38-25-20-33(21-26-38)39-14-4-15-40(29-39)43-30-41-27-24-36-12-6-18-45-44-17-5-11-34-22-23-35-13-7-19-46(50(35)48(34)44)47(31-43)51(41)49(36)45/h1-32H. The Morgan fingerprint density at radius 3 is 1.33 bits per heavy atom. The maximum atomic E-state index is 4.93. The number of benzene rings is 9. The topological polar surface area (TPSA) is 51.6 Å². The number of rotatable bonds is 5. The number of fused-ring (bicyclic) bond motifs is 2. The molecule has 268 valence electrons. The molecule has 0 aliphatic rings. The van der Waals surface area contributed by atoms with Gasteiger partial charge in [0, 0.05) is 29.1 Å². The van der Waals surface area contributed by atoms with E-state index in [0.717, 1.165) is 27.8 Å². The molecule has 0 atom stereocenters. The van der Waals surface area contributed by atoms with Crippen LogP contribution in [0.4, 0.5) is 0 Å². The van der Waals surface area contributed by atoms with Crippen LogP contribution in [-0.4, -0.2) is 19.9 Å². The first-order valence-electron chi connectivity index (χ1n) is 19.6. The second-order valence-electron chi connectivity index (χ2n) is 15.0. The van der Waals surface area contributed by atoms with Crippen molar-refractivity contribution in [3.05, 3.63) is 194 Å². The van der Waals surface area contributed by atoms with Crippen LogP contribution in [0.2, 0.25) is 0 Å². The molecule has 0 bridgehead atoms. The molecule has 0 unspecified atom stereocenters. The monoisotopic (exact) mass is 736 g/mol. The van der Waals surface area contributed by atoms with Crippen LogP contribution in [-0.2, 0) is 0 Å². The lowest BCUT2D eigenvalue weighted by molar-refractivity contribution is 1.07. The average molecular weight is 737 g/mol. The van der Waals surface area contributed by atoms with Gasteiger partial charge in [-0.1, -0.05) is 152 Å². The SMILES string of the molecule is c1ccc(-c2nc(-c3ccc(-c4cccc(-c5cc6ccc7cccc8c9cccc%10ccc%11cccc(c(c5)c6c78)c%11c%109)c4)cc3)nc(-c3cccnc3)n2)cc1. The summed E-state index contributed by atoms with van der Waals surface area (Å²) in [4.78, 5) is 19.0. The van der Waals surface area contributed by atoms with Gasteiger partial charge in [0.05, 0.1) is 0 Å². The fourth-order valence-corrected chi connectivity index (χ4v) is 8.99. The largest absolute Gasteiger partial charge is 0.264 e. The molecule has 10 aromatic carbocycles. The van der Waals surface area contributed by atoms with Crippen molar-refractivity contribution in [1.82, 2.24) is 19.9 Å². The Labute approximate surface area is 334 Å². The van der Waals surface area contributed by atoms with Crippen LogP contribution in [0.15, 0.2) is 194 Å². The van der Waals surface area contributed by atoms with Gasteiger partial charge in [-0.2, -0.15) is 0 Å². The first-order chi connectivity index (χ1) is 28.7. The first kappa shape index (κ1) is 32.4. The number of pyridine rings is 1. The first-order valence-corrected chi connectivity index (χ1v) is 19.6. The normalized spacial score (nSPS) is 11.8. The van der Waals surface area contributed by atoms with Crippen molar-refractivity contribution in [3.8, 4) is 56.4 Å². The molecule has 0 aliphatic carbocycles. The average Bonchev–Trinajstić information content (AvgIpc) is 3.30. The molecule has 0 N–H and O–H groups in total. The highest BCUT2D eigenvalue weighted by Crippen LogP contribution is 2.44. The molecule has 0 amide bonds. The zero-order valence-electron chi connectivity index (χ0n) is 31.3. The minimum absolute atomic E-state index is 0.593. The third-order valence-corrected chi connectivity index (χ3v) is 11.7. The van der Waals surface area contributed by atoms with Gasteiger partial charge < -0.3 is 0 Å². The van der Waals surface area contributed by atoms with Gasteiger partial charge in [-0.15, -0.1) is 0 Å². The molecule has 4 heteroatoms. The minimum Gasteiger partial charge on any atom is -0.264 e. The van der Waals surface area contributed by atoms with Gasteiger partial charge in [0.25, 0.3) is 0 Å². The zero-order valence-corrected chi connectivity index (χ0v) is 31.3. The number of aromatic nitrogens is 4. The molecular weight excluding hydrogens is 705 g/mol. The Hall–Kier alpha value is -7.82. The van der Waals surface area contributed by atoms with Gasteiger partial charge in [0.15, 0.2) is 17.5 Å². The quantitative estimate of drug-likeness (QED) is 0.165. The second-order valence-corrected chi connectivity index (χ2v) is 15.0. The number of nitrogens with zero attached hydrogens (tertiary/aromatic N) is 4. The Morgan fingerprint density at radius 1 is 0.259 bits per heavy atom. The molecular formula is C54H32N4. The van der Waals surface area contributed by atoms with Crippen LogP contribution in [0.3, 0.4) is 0 Å². The van der Waals surface area contributed by atoms with E-state index in [9.17, 15) is 0 Å². The van der Waals surface area contributed by atoms with Crippen LogP contribution in [0.1, 0.15) is 0 Å². The maximum Gasteiger partial charge on any atom is 0.165 e. The Balaban J connectivity index is 1.01. The molecule has 0 spiro atoms. The second kappa shape index (κ2) is 12.9. The predicted molar refractivity (Wildman–Crippen MR) is 241 cm³/mol. The van der Waals surface area contributed by atoms with Crippen molar-refractivity contribution in [2.24, 2.45) is 0 Å². The Bertz CT molecular complexity index is 3480. The minimum atomic E-state index is 0.593. The summed E-state index contributed by atoms with van der Waals surface area (Å²) in [7, 11) is 0. The van der Waals surface area contributed by atoms with Crippen molar-refractivity contribution in [2.45, 2.75) is 0 Å². The fourth-order valence-electron chi connectivity index (χ4n) is 8.99. The smallest absolute Gasteiger partial charge is 0.165 e. The van der Waals surface area contributed by atoms with Gasteiger partial charge in [-0.3, -0.25) is 4.98 Å². The number of hydrogen-bond donors (Lipinski definition) is 0. The summed E-state index contributed by atoms with van der Waals surface area (Å²) in [5, 5.41) is 15.4. The molecule has 2 aromatic heterocycles. The summed E-state index contributed by atoms with van der Waals surface area (Å²) in [5.74, 6) is 1.84. The van der Waals surface area contributed by atoms with Crippen LogP contribution in [0, 0.1) is 0 Å². The summed E-state index contributed by atoms with van der Waals surface area (Å²) < 4.78 is 0. The van der Waals surface area contributed by atoms with E-state index in [4.69, 9.17) is 15.0 Å². The molecule has 4 nitrogen and oxygen atoms in total. The molecule has 58 heavy (non-hydrogen) atoms.